The molecule has 36 heavy (non-hydrogen) atoms. The first kappa shape index (κ1) is 24.0. The summed E-state index contributed by atoms with van der Waals surface area (Å²) < 4.78 is 51.8. The van der Waals surface area contributed by atoms with Crippen LogP contribution in [0.4, 0.5) is 10.3 Å². The topological polar surface area (TPSA) is 92.9 Å². The van der Waals surface area contributed by atoms with Crippen molar-refractivity contribution < 1.29 is 26.8 Å². The molecule has 0 N–H and O–H groups in total. The van der Waals surface area contributed by atoms with Crippen LogP contribution in [0.25, 0.3) is 10.8 Å². The van der Waals surface area contributed by atoms with Crippen molar-refractivity contribution in [1.29, 1.82) is 0 Å². The Hall–Kier alpha value is -3.70. The number of anilines is 1. The van der Waals surface area contributed by atoms with Gasteiger partial charge in [0, 0.05) is 26.2 Å². The fraction of sp³-hybridized carbons (Fsp3) is 0.200. The fourth-order valence-corrected chi connectivity index (χ4v) is 5.79. The first-order valence-electron chi connectivity index (χ1n) is 11.2. The molecule has 1 amide bonds. The number of ether oxygens (including phenoxy) is 1. The zero-order chi connectivity index (χ0) is 25.1. The van der Waals surface area contributed by atoms with Crippen molar-refractivity contribution >= 4 is 33.0 Å². The van der Waals surface area contributed by atoms with Gasteiger partial charge in [-0.15, -0.1) is 11.3 Å². The van der Waals surface area contributed by atoms with Gasteiger partial charge in [-0.2, -0.15) is 4.98 Å². The average Bonchev–Trinajstić information content (AvgIpc) is 3.59. The van der Waals surface area contributed by atoms with Gasteiger partial charge in [0.1, 0.15) is 11.6 Å². The molecular weight excluding hydrogens is 505 g/mol. The van der Waals surface area contributed by atoms with Crippen LogP contribution in [-0.2, 0) is 14.6 Å². The minimum absolute atomic E-state index is 0.0805. The highest BCUT2D eigenvalue weighted by Crippen LogP contribution is 2.36. The van der Waals surface area contributed by atoms with Crippen LogP contribution in [0.1, 0.15) is 0 Å². The highest BCUT2D eigenvalue weighted by atomic mass is 32.2. The summed E-state index contributed by atoms with van der Waals surface area (Å²) in [5, 5.41) is 1.61. The first-order valence-corrected chi connectivity index (χ1v) is 13.5. The molecular formula is C25H22FN3O5S2. The molecule has 0 atom stereocenters. The molecule has 2 aromatic heterocycles. The predicted octanol–water partition coefficient (Wildman–Crippen LogP) is 4.10. The van der Waals surface area contributed by atoms with Crippen molar-refractivity contribution in [3.63, 3.8) is 0 Å². The van der Waals surface area contributed by atoms with Crippen molar-refractivity contribution in [2.45, 2.75) is 9.92 Å². The number of oxazole rings is 1. The van der Waals surface area contributed by atoms with Gasteiger partial charge in [0.25, 0.3) is 5.91 Å². The summed E-state index contributed by atoms with van der Waals surface area (Å²) in [5.74, 6) is 0.217. The Morgan fingerprint density at radius 1 is 1.00 bits per heavy atom. The normalized spacial score (nSPS) is 14.1. The summed E-state index contributed by atoms with van der Waals surface area (Å²) in [6, 6.07) is 17.3. The summed E-state index contributed by atoms with van der Waals surface area (Å²) in [6.07, 6.45) is 0. The summed E-state index contributed by atoms with van der Waals surface area (Å²) in [4.78, 5) is 21.0. The number of carbonyl (C=O) groups excluding carboxylic acids is 1. The molecule has 3 heterocycles. The first-order chi connectivity index (χ1) is 17.4. The van der Waals surface area contributed by atoms with E-state index in [0.29, 0.717) is 36.8 Å². The van der Waals surface area contributed by atoms with Crippen LogP contribution in [0, 0.1) is 5.82 Å². The lowest BCUT2D eigenvalue weighted by Gasteiger charge is -2.34. The van der Waals surface area contributed by atoms with E-state index in [1.54, 1.807) is 28.0 Å². The number of para-hydroxylation sites is 1. The summed E-state index contributed by atoms with van der Waals surface area (Å²) >= 11 is 1.38. The third kappa shape index (κ3) is 4.98. The number of nitrogens with zero attached hydrogens (tertiary/aromatic N) is 3. The maximum atomic E-state index is 13.4. The lowest BCUT2D eigenvalue weighted by atomic mass is 10.3. The van der Waals surface area contributed by atoms with Gasteiger partial charge in [-0.05, 0) is 47.8 Å². The van der Waals surface area contributed by atoms with E-state index >= 15 is 0 Å². The Balaban J connectivity index is 1.35. The van der Waals surface area contributed by atoms with Gasteiger partial charge < -0.3 is 19.0 Å². The van der Waals surface area contributed by atoms with E-state index in [9.17, 15) is 17.6 Å². The van der Waals surface area contributed by atoms with Crippen LogP contribution in [0.15, 0.2) is 86.4 Å². The summed E-state index contributed by atoms with van der Waals surface area (Å²) in [5.41, 5.74) is 0. The van der Waals surface area contributed by atoms with E-state index < -0.39 is 15.7 Å². The molecule has 1 saturated heterocycles. The molecule has 0 aliphatic carbocycles. The Morgan fingerprint density at radius 3 is 2.39 bits per heavy atom. The van der Waals surface area contributed by atoms with Gasteiger partial charge in [-0.25, -0.2) is 12.8 Å². The average molecular weight is 528 g/mol. The molecule has 0 unspecified atom stereocenters. The van der Waals surface area contributed by atoms with Gasteiger partial charge in [-0.1, -0.05) is 24.3 Å². The number of hydrogen-bond acceptors (Lipinski definition) is 8. The number of hydrogen-bond donors (Lipinski definition) is 0. The number of sulfone groups is 1. The standard InChI is InChI=1S/C25H22FN3O5S2/c26-18-8-10-20(11-9-18)36(31,32)24-25(34-23(27-24)21-7-4-16-35-21)29-14-12-28(13-15-29)22(30)17-33-19-5-2-1-3-6-19/h1-11,16H,12-15,17H2. The maximum Gasteiger partial charge on any atom is 0.260 e. The van der Waals surface area contributed by atoms with Crippen molar-refractivity contribution in [2.24, 2.45) is 0 Å². The number of rotatable bonds is 7. The number of amides is 1. The fourth-order valence-electron chi connectivity index (χ4n) is 3.82. The van der Waals surface area contributed by atoms with Gasteiger partial charge in [-0.3, -0.25) is 4.79 Å². The lowest BCUT2D eigenvalue weighted by molar-refractivity contribution is -0.133. The van der Waals surface area contributed by atoms with Crippen molar-refractivity contribution in [1.82, 2.24) is 9.88 Å². The Bertz CT molecular complexity index is 1430. The molecule has 1 fully saturated rings. The molecule has 0 saturated carbocycles. The second-order valence-electron chi connectivity index (χ2n) is 8.03. The molecule has 0 bridgehead atoms. The second-order valence-corrected chi connectivity index (χ2v) is 10.8. The number of piperazine rings is 1. The molecule has 5 rings (SSSR count). The number of halogens is 1. The Labute approximate surface area is 211 Å². The third-order valence-electron chi connectivity index (χ3n) is 5.71. The van der Waals surface area contributed by atoms with Gasteiger partial charge >= 0.3 is 0 Å². The Morgan fingerprint density at radius 2 is 1.72 bits per heavy atom. The summed E-state index contributed by atoms with van der Waals surface area (Å²) in [6.45, 7) is 1.34. The zero-order valence-electron chi connectivity index (χ0n) is 19.0. The van der Waals surface area contributed by atoms with Crippen LogP contribution >= 0.6 is 11.3 Å². The molecule has 1 aliphatic rings. The van der Waals surface area contributed by atoms with Gasteiger partial charge in [0.15, 0.2) is 6.61 Å². The lowest BCUT2D eigenvalue weighted by Crippen LogP contribution is -2.50. The van der Waals surface area contributed by atoms with E-state index in [1.165, 1.54) is 23.5 Å². The largest absolute Gasteiger partial charge is 0.484 e. The van der Waals surface area contributed by atoms with Crippen molar-refractivity contribution in [3.8, 4) is 16.5 Å². The predicted molar refractivity (Wildman–Crippen MR) is 132 cm³/mol. The monoisotopic (exact) mass is 527 g/mol. The molecule has 11 heteroatoms. The zero-order valence-corrected chi connectivity index (χ0v) is 20.7. The molecule has 0 spiro atoms. The van der Waals surface area contributed by atoms with Crippen LogP contribution < -0.4 is 9.64 Å². The van der Waals surface area contributed by atoms with E-state index in [4.69, 9.17) is 9.15 Å². The van der Waals surface area contributed by atoms with Crippen LogP contribution in [-0.4, -0.2) is 57.0 Å². The number of thiophene rings is 1. The van der Waals surface area contributed by atoms with E-state index in [0.717, 1.165) is 12.1 Å². The number of benzene rings is 2. The maximum absolute atomic E-state index is 13.4. The Kier molecular flexibility index (Phi) is 6.75. The molecule has 8 nitrogen and oxygen atoms in total. The molecule has 186 valence electrons. The van der Waals surface area contributed by atoms with Crippen molar-refractivity contribution in [3.05, 3.63) is 77.9 Å². The second kappa shape index (κ2) is 10.1. The van der Waals surface area contributed by atoms with Gasteiger partial charge in [0.05, 0.1) is 9.77 Å². The highest BCUT2D eigenvalue weighted by Gasteiger charge is 2.33. The molecule has 0 radical (unpaired) electrons. The molecule has 2 aromatic carbocycles. The smallest absolute Gasteiger partial charge is 0.260 e. The minimum Gasteiger partial charge on any atom is -0.484 e. The molecule has 4 aromatic rings. The van der Waals surface area contributed by atoms with Crippen molar-refractivity contribution in [2.75, 3.05) is 37.7 Å². The van der Waals surface area contributed by atoms with E-state index in [2.05, 4.69) is 4.98 Å². The minimum atomic E-state index is -4.08. The molecule has 1 aliphatic heterocycles. The quantitative estimate of drug-likeness (QED) is 0.334. The summed E-state index contributed by atoms with van der Waals surface area (Å²) in [7, 11) is -4.08. The number of carbonyl (C=O) groups is 1. The highest BCUT2D eigenvalue weighted by molar-refractivity contribution is 7.91. The third-order valence-corrected chi connectivity index (χ3v) is 8.24. The number of aromatic nitrogens is 1. The SMILES string of the molecule is O=C(COc1ccccc1)N1CCN(c2oc(-c3cccs3)nc2S(=O)(=O)c2ccc(F)cc2)CC1. The van der Waals surface area contributed by atoms with E-state index in [1.807, 2.05) is 29.6 Å². The van der Waals surface area contributed by atoms with Crippen LogP contribution in [0.5, 0.6) is 5.75 Å². The van der Waals surface area contributed by atoms with E-state index in [-0.39, 0.29) is 34.2 Å². The van der Waals surface area contributed by atoms with Gasteiger partial charge in [0.2, 0.25) is 26.6 Å². The van der Waals surface area contributed by atoms with Crippen LogP contribution in [0.2, 0.25) is 0 Å². The van der Waals surface area contributed by atoms with Crippen LogP contribution in [0.3, 0.4) is 0 Å².